The van der Waals surface area contributed by atoms with E-state index in [4.69, 9.17) is 0 Å². The molecule has 0 aliphatic rings. The number of carbonyl (C=O) groups is 1. The Hall–Kier alpha value is -3.03. The zero-order valence-electron chi connectivity index (χ0n) is 10.8. The largest absolute Gasteiger partial charge is 0.465 e. The zero-order chi connectivity index (χ0) is 15.0. The second kappa shape index (κ2) is 4.82. The molecule has 3 aromatic heterocycles. The highest BCUT2D eigenvalue weighted by molar-refractivity contribution is 5.95. The number of aromatic nitrogens is 4. The third-order valence-corrected chi connectivity index (χ3v) is 2.90. The van der Waals surface area contributed by atoms with Crippen LogP contribution >= 0.6 is 0 Å². The maximum Gasteiger partial charge on any atom is 0.343 e. The van der Waals surface area contributed by atoms with E-state index in [0.29, 0.717) is 5.56 Å². The zero-order valence-corrected chi connectivity index (χ0v) is 10.8. The molecule has 1 N–H and O–H groups in total. The fraction of sp³-hybridized carbons (Fsp3) is 0.0769. The molecule has 3 aromatic rings. The molecule has 0 fully saturated rings. The van der Waals surface area contributed by atoms with Gasteiger partial charge in [-0.1, -0.05) is 0 Å². The number of aromatic amines is 1. The summed E-state index contributed by atoms with van der Waals surface area (Å²) in [5.41, 5.74) is 0.340. The van der Waals surface area contributed by atoms with E-state index in [2.05, 4.69) is 19.8 Å². The Morgan fingerprint density at radius 3 is 2.90 bits per heavy atom. The van der Waals surface area contributed by atoms with Gasteiger partial charge < -0.3 is 4.74 Å². The van der Waals surface area contributed by atoms with E-state index in [0.717, 1.165) is 10.7 Å². The Kier molecular flexibility index (Phi) is 2.98. The molecule has 0 radical (unpaired) electrons. The lowest BCUT2D eigenvalue weighted by molar-refractivity contribution is 0.0602. The van der Waals surface area contributed by atoms with Crippen LogP contribution < -0.4 is 5.56 Å². The number of hydrogen-bond acceptors (Lipinski definition) is 5. The van der Waals surface area contributed by atoms with E-state index in [9.17, 15) is 14.0 Å². The van der Waals surface area contributed by atoms with Crippen LogP contribution in [0.5, 0.6) is 0 Å². The van der Waals surface area contributed by atoms with Crippen LogP contribution in [0.15, 0.2) is 35.5 Å². The van der Waals surface area contributed by atoms with E-state index >= 15 is 0 Å². The van der Waals surface area contributed by atoms with Crippen molar-refractivity contribution in [1.82, 2.24) is 19.6 Å². The third-order valence-electron chi connectivity index (χ3n) is 2.90. The van der Waals surface area contributed by atoms with Gasteiger partial charge >= 0.3 is 5.97 Å². The van der Waals surface area contributed by atoms with Gasteiger partial charge in [-0.05, 0) is 6.07 Å². The molecule has 0 spiro atoms. The number of hydrogen-bond donors (Lipinski definition) is 1. The summed E-state index contributed by atoms with van der Waals surface area (Å²) in [6.07, 6.45) is 3.75. The molecule has 0 aromatic carbocycles. The van der Waals surface area contributed by atoms with Gasteiger partial charge in [0.1, 0.15) is 11.4 Å². The highest BCUT2D eigenvalue weighted by Gasteiger charge is 2.16. The van der Waals surface area contributed by atoms with Crippen LogP contribution in [0.2, 0.25) is 0 Å². The van der Waals surface area contributed by atoms with Crippen LogP contribution in [0.1, 0.15) is 10.4 Å². The summed E-state index contributed by atoms with van der Waals surface area (Å²) in [6.45, 7) is 0. The minimum atomic E-state index is -0.629. The number of nitrogens with one attached hydrogen (secondary N) is 1. The Morgan fingerprint density at radius 1 is 1.38 bits per heavy atom. The summed E-state index contributed by atoms with van der Waals surface area (Å²) in [4.78, 5) is 31.5. The molecule has 3 heterocycles. The molecule has 21 heavy (non-hydrogen) atoms. The molecule has 3 rings (SSSR count). The summed E-state index contributed by atoms with van der Waals surface area (Å²) in [7, 11) is 1.23. The molecular weight excluding hydrogens is 279 g/mol. The van der Waals surface area contributed by atoms with Crippen LogP contribution in [0.25, 0.3) is 16.9 Å². The van der Waals surface area contributed by atoms with Gasteiger partial charge in [-0.15, -0.1) is 0 Å². The molecule has 0 amide bonds. The molecule has 8 heteroatoms. The number of carbonyl (C=O) groups excluding carboxylic acids is 1. The van der Waals surface area contributed by atoms with Crippen molar-refractivity contribution in [3.8, 4) is 11.3 Å². The minimum Gasteiger partial charge on any atom is -0.465 e. The van der Waals surface area contributed by atoms with E-state index in [1.807, 2.05) is 0 Å². The Morgan fingerprint density at radius 2 is 2.19 bits per heavy atom. The van der Waals surface area contributed by atoms with Gasteiger partial charge in [-0.3, -0.25) is 14.9 Å². The number of H-pyrrole nitrogens is 1. The predicted octanol–water partition coefficient (Wildman–Crippen LogP) is 1.01. The minimum absolute atomic E-state index is 0.105. The molecule has 0 aliphatic carbocycles. The number of rotatable bonds is 2. The first-order valence-corrected chi connectivity index (χ1v) is 5.90. The van der Waals surface area contributed by atoms with Crippen LogP contribution in [0, 0.1) is 5.82 Å². The molecule has 0 bridgehead atoms. The second-order valence-corrected chi connectivity index (χ2v) is 4.21. The first-order chi connectivity index (χ1) is 10.1. The normalized spacial score (nSPS) is 10.8. The Labute approximate surface area is 117 Å². The van der Waals surface area contributed by atoms with Crippen molar-refractivity contribution < 1.29 is 13.9 Å². The fourth-order valence-electron chi connectivity index (χ4n) is 1.94. The van der Waals surface area contributed by atoms with Crippen molar-refractivity contribution in [1.29, 1.82) is 0 Å². The maximum absolute atomic E-state index is 13.2. The van der Waals surface area contributed by atoms with Crippen LogP contribution in [0.4, 0.5) is 4.39 Å². The highest BCUT2D eigenvalue weighted by atomic mass is 19.1. The van der Waals surface area contributed by atoms with Crippen molar-refractivity contribution in [2.45, 2.75) is 0 Å². The average molecular weight is 288 g/mol. The summed E-state index contributed by atoms with van der Waals surface area (Å²) in [5, 5.41) is 2.61. The number of fused-ring (bicyclic) bond motifs is 1. The van der Waals surface area contributed by atoms with E-state index in [-0.39, 0.29) is 16.9 Å². The molecule has 0 saturated heterocycles. The van der Waals surface area contributed by atoms with Gasteiger partial charge in [0.25, 0.3) is 5.56 Å². The molecular formula is C13H9FN4O3. The molecule has 0 unspecified atom stereocenters. The number of ether oxygens (including phenoxy) is 1. The SMILES string of the molecule is COC(=O)c1c[nH]n2c(=O)cc(-c3cncc(F)c3)nc12. The maximum atomic E-state index is 13.2. The Balaban J connectivity index is 2.26. The number of pyridine rings is 1. The van der Waals surface area contributed by atoms with Gasteiger partial charge in [0.2, 0.25) is 0 Å². The number of methoxy groups -OCH3 is 1. The van der Waals surface area contributed by atoms with E-state index < -0.39 is 17.3 Å². The van der Waals surface area contributed by atoms with Gasteiger partial charge in [-0.25, -0.2) is 18.7 Å². The highest BCUT2D eigenvalue weighted by Crippen LogP contribution is 2.17. The second-order valence-electron chi connectivity index (χ2n) is 4.21. The lowest BCUT2D eigenvalue weighted by atomic mass is 10.2. The molecule has 106 valence electrons. The fourth-order valence-corrected chi connectivity index (χ4v) is 1.94. The quantitative estimate of drug-likeness (QED) is 0.711. The summed E-state index contributed by atoms with van der Waals surface area (Å²) < 4.78 is 18.9. The first kappa shape index (κ1) is 13.0. The van der Waals surface area contributed by atoms with Gasteiger partial charge in [0, 0.05) is 24.0 Å². The van der Waals surface area contributed by atoms with Gasteiger partial charge in [0.05, 0.1) is 19.0 Å². The predicted molar refractivity (Wildman–Crippen MR) is 70.3 cm³/mol. The standard InChI is InChI=1S/C13H9FN4O3/c1-21-13(20)9-6-16-18-11(19)3-10(17-12(9)18)7-2-8(14)5-15-4-7/h2-6,16H,1H3. The Bertz CT molecular complexity index is 900. The molecule has 7 nitrogen and oxygen atoms in total. The van der Waals surface area contributed by atoms with Crippen molar-refractivity contribution in [2.75, 3.05) is 7.11 Å². The van der Waals surface area contributed by atoms with Crippen LogP contribution in [0.3, 0.4) is 0 Å². The van der Waals surface area contributed by atoms with Gasteiger partial charge in [-0.2, -0.15) is 0 Å². The van der Waals surface area contributed by atoms with Crippen molar-refractivity contribution in [3.05, 3.63) is 52.5 Å². The van der Waals surface area contributed by atoms with Gasteiger partial charge in [0.15, 0.2) is 5.65 Å². The molecule has 0 atom stereocenters. The summed E-state index contributed by atoms with van der Waals surface area (Å²) >= 11 is 0. The summed E-state index contributed by atoms with van der Waals surface area (Å²) in [5.74, 6) is -1.17. The van der Waals surface area contributed by atoms with Crippen LogP contribution in [-0.2, 0) is 4.74 Å². The van der Waals surface area contributed by atoms with Crippen molar-refractivity contribution in [3.63, 3.8) is 0 Å². The van der Waals surface area contributed by atoms with Crippen molar-refractivity contribution in [2.24, 2.45) is 0 Å². The number of esters is 1. The van der Waals surface area contributed by atoms with Crippen molar-refractivity contribution >= 4 is 11.6 Å². The van der Waals surface area contributed by atoms with E-state index in [1.165, 1.54) is 31.6 Å². The topological polar surface area (TPSA) is 89.4 Å². The number of nitrogens with zero attached hydrogens (tertiary/aromatic N) is 3. The van der Waals surface area contributed by atoms with E-state index in [1.54, 1.807) is 0 Å². The van der Waals surface area contributed by atoms with Crippen LogP contribution in [-0.4, -0.2) is 32.7 Å². The smallest absolute Gasteiger partial charge is 0.343 e. The molecule has 0 aliphatic heterocycles. The monoisotopic (exact) mass is 288 g/mol. The first-order valence-electron chi connectivity index (χ1n) is 5.90. The lowest BCUT2D eigenvalue weighted by Gasteiger charge is -2.02. The third kappa shape index (κ3) is 2.16. The lowest BCUT2D eigenvalue weighted by Crippen LogP contribution is -2.15. The molecule has 0 saturated carbocycles. The average Bonchev–Trinajstić information content (AvgIpc) is 2.91. The number of halogens is 1. The summed E-state index contributed by atoms with van der Waals surface area (Å²) in [6, 6.07) is 2.43.